The first-order chi connectivity index (χ1) is 15.1. The third-order valence-electron chi connectivity index (χ3n) is 5.26. The Balaban J connectivity index is 1.33. The minimum absolute atomic E-state index is 0.0251. The van der Waals surface area contributed by atoms with Gasteiger partial charge in [0.1, 0.15) is 17.8 Å². The molecule has 1 amide bonds. The molecular weight excluding hydrogens is 412 g/mol. The lowest BCUT2D eigenvalue weighted by atomic mass is 9.90. The van der Waals surface area contributed by atoms with Crippen molar-refractivity contribution in [1.29, 1.82) is 0 Å². The van der Waals surface area contributed by atoms with Gasteiger partial charge >= 0.3 is 0 Å². The van der Waals surface area contributed by atoms with Gasteiger partial charge in [0.2, 0.25) is 5.91 Å². The molecule has 0 spiro atoms. The molecule has 2 aromatic carbocycles. The Bertz CT molecular complexity index is 1040. The van der Waals surface area contributed by atoms with Crippen LogP contribution in [0.15, 0.2) is 66.1 Å². The summed E-state index contributed by atoms with van der Waals surface area (Å²) in [5.41, 5.74) is 0.646. The Kier molecular flexibility index (Phi) is 6.66. The van der Waals surface area contributed by atoms with Gasteiger partial charge in [0.25, 0.3) is 0 Å². The average molecular weight is 437 g/mol. The number of amides is 1. The van der Waals surface area contributed by atoms with Crippen LogP contribution >= 0.6 is 11.8 Å². The van der Waals surface area contributed by atoms with Crippen molar-refractivity contribution in [1.82, 2.24) is 19.7 Å². The molecule has 1 fully saturated rings. The van der Waals surface area contributed by atoms with Crippen LogP contribution in [0.5, 0.6) is 11.5 Å². The van der Waals surface area contributed by atoms with Gasteiger partial charge in [-0.3, -0.25) is 9.59 Å². The molecule has 4 rings (SSSR count). The number of carbonyl (C=O) groups excluding carboxylic acids is 2. The van der Waals surface area contributed by atoms with E-state index in [1.165, 1.54) is 11.8 Å². The molecule has 160 valence electrons. The number of rotatable bonds is 7. The lowest BCUT2D eigenvalue weighted by Crippen LogP contribution is -2.43. The van der Waals surface area contributed by atoms with Crippen LogP contribution in [-0.2, 0) is 11.8 Å². The Hall–Kier alpha value is -3.13. The lowest BCUT2D eigenvalue weighted by molar-refractivity contribution is -0.129. The molecule has 2 heterocycles. The minimum Gasteiger partial charge on any atom is -0.457 e. The number of piperidine rings is 1. The predicted octanol–water partition coefficient (Wildman–Crippen LogP) is 3.82. The summed E-state index contributed by atoms with van der Waals surface area (Å²) >= 11 is 1.36. The van der Waals surface area contributed by atoms with Crippen LogP contribution in [0.2, 0.25) is 0 Å². The zero-order chi connectivity index (χ0) is 21.6. The quantitative estimate of drug-likeness (QED) is 0.414. The molecule has 0 N–H and O–H groups in total. The molecule has 8 heteroatoms. The van der Waals surface area contributed by atoms with Crippen LogP contribution in [0.1, 0.15) is 23.2 Å². The van der Waals surface area contributed by atoms with E-state index in [0.717, 1.165) is 18.6 Å². The highest BCUT2D eigenvalue weighted by Crippen LogP contribution is 2.25. The fraction of sp³-hybridized carbons (Fsp3) is 0.304. The van der Waals surface area contributed by atoms with Crippen molar-refractivity contribution in [3.8, 4) is 11.5 Å². The number of aromatic nitrogens is 3. The molecule has 0 aliphatic carbocycles. The third kappa shape index (κ3) is 5.32. The molecule has 1 aromatic heterocycles. The molecule has 0 radical (unpaired) electrons. The Morgan fingerprint density at radius 2 is 1.84 bits per heavy atom. The van der Waals surface area contributed by atoms with Gasteiger partial charge in [-0.15, -0.1) is 10.2 Å². The Labute approximate surface area is 185 Å². The third-order valence-corrected chi connectivity index (χ3v) is 6.28. The number of nitrogens with zero attached hydrogens (tertiary/aromatic N) is 4. The molecule has 1 aliphatic heterocycles. The molecule has 1 unspecified atom stereocenters. The topological polar surface area (TPSA) is 77.3 Å². The van der Waals surface area contributed by atoms with Gasteiger partial charge in [-0.1, -0.05) is 30.0 Å². The van der Waals surface area contributed by atoms with Gasteiger partial charge in [0, 0.05) is 31.6 Å². The summed E-state index contributed by atoms with van der Waals surface area (Å²) in [5.74, 6) is 1.64. The number of carbonyl (C=O) groups is 2. The number of aryl methyl sites for hydroxylation is 1. The van der Waals surface area contributed by atoms with Crippen LogP contribution < -0.4 is 4.74 Å². The van der Waals surface area contributed by atoms with Crippen molar-refractivity contribution in [3.63, 3.8) is 0 Å². The molecule has 1 saturated heterocycles. The monoisotopic (exact) mass is 436 g/mol. The highest BCUT2D eigenvalue weighted by atomic mass is 32.2. The first-order valence-corrected chi connectivity index (χ1v) is 11.2. The van der Waals surface area contributed by atoms with E-state index in [0.29, 0.717) is 35.3 Å². The molecule has 1 aliphatic rings. The number of para-hydroxylation sites is 1. The number of ether oxygens (including phenoxy) is 1. The van der Waals surface area contributed by atoms with Crippen molar-refractivity contribution in [2.75, 3.05) is 18.8 Å². The van der Waals surface area contributed by atoms with E-state index in [1.807, 2.05) is 49.5 Å². The lowest BCUT2D eigenvalue weighted by Gasteiger charge is -2.32. The summed E-state index contributed by atoms with van der Waals surface area (Å²) in [6.45, 7) is 1.14. The van der Waals surface area contributed by atoms with Gasteiger partial charge in [0.15, 0.2) is 10.9 Å². The van der Waals surface area contributed by atoms with E-state index in [2.05, 4.69) is 10.2 Å². The van der Waals surface area contributed by atoms with Crippen LogP contribution in [0, 0.1) is 5.92 Å². The van der Waals surface area contributed by atoms with E-state index in [9.17, 15) is 9.59 Å². The van der Waals surface area contributed by atoms with Crippen LogP contribution in [-0.4, -0.2) is 50.2 Å². The molecule has 31 heavy (non-hydrogen) atoms. The van der Waals surface area contributed by atoms with Crippen LogP contribution in [0.4, 0.5) is 0 Å². The SMILES string of the molecule is Cn1cnnc1SCC(=O)N1CCCC(C(=O)c2ccc(Oc3ccccc3)cc2)C1. The normalized spacial score (nSPS) is 16.2. The average Bonchev–Trinajstić information content (AvgIpc) is 3.23. The molecule has 0 saturated carbocycles. The van der Waals surface area contributed by atoms with Crippen LogP contribution in [0.25, 0.3) is 0 Å². The second-order valence-corrected chi connectivity index (χ2v) is 8.44. The maximum atomic E-state index is 13.0. The summed E-state index contributed by atoms with van der Waals surface area (Å²) in [6.07, 6.45) is 3.23. The van der Waals surface area contributed by atoms with E-state index >= 15 is 0 Å². The van der Waals surface area contributed by atoms with E-state index in [1.54, 1.807) is 27.9 Å². The Morgan fingerprint density at radius 1 is 1.10 bits per heavy atom. The van der Waals surface area contributed by atoms with Gasteiger partial charge in [0.05, 0.1) is 5.75 Å². The van der Waals surface area contributed by atoms with Crippen molar-refractivity contribution in [3.05, 3.63) is 66.5 Å². The van der Waals surface area contributed by atoms with Crippen molar-refractivity contribution >= 4 is 23.5 Å². The van der Waals surface area contributed by atoms with E-state index in [-0.39, 0.29) is 17.6 Å². The largest absolute Gasteiger partial charge is 0.457 e. The minimum atomic E-state index is -0.182. The van der Waals surface area contributed by atoms with Gasteiger partial charge in [-0.05, 0) is 49.2 Å². The standard InChI is InChI=1S/C23H24N4O3S/c1-26-16-24-25-23(26)31-15-21(28)27-13-5-6-18(14-27)22(29)17-9-11-20(12-10-17)30-19-7-3-2-4-8-19/h2-4,7-12,16,18H,5-6,13-15H2,1H3. The summed E-state index contributed by atoms with van der Waals surface area (Å²) < 4.78 is 7.58. The number of likely N-dealkylation sites (tertiary alicyclic amines) is 1. The van der Waals surface area contributed by atoms with Crippen LogP contribution in [0.3, 0.4) is 0 Å². The number of hydrogen-bond donors (Lipinski definition) is 0. The molecule has 1 atom stereocenters. The second kappa shape index (κ2) is 9.78. The van der Waals surface area contributed by atoms with Crippen molar-refractivity contribution in [2.45, 2.75) is 18.0 Å². The maximum absolute atomic E-state index is 13.0. The molecular formula is C23H24N4O3S. The zero-order valence-corrected chi connectivity index (χ0v) is 18.1. The van der Waals surface area contributed by atoms with Gasteiger partial charge in [-0.25, -0.2) is 0 Å². The number of ketones is 1. The van der Waals surface area contributed by atoms with E-state index in [4.69, 9.17) is 4.74 Å². The predicted molar refractivity (Wildman–Crippen MR) is 118 cm³/mol. The van der Waals surface area contributed by atoms with Crippen molar-refractivity contribution in [2.24, 2.45) is 13.0 Å². The second-order valence-electron chi connectivity index (χ2n) is 7.50. The van der Waals surface area contributed by atoms with Gasteiger partial charge < -0.3 is 14.2 Å². The van der Waals surface area contributed by atoms with Crippen molar-refractivity contribution < 1.29 is 14.3 Å². The summed E-state index contributed by atoms with van der Waals surface area (Å²) in [5, 5.41) is 8.52. The number of benzene rings is 2. The fourth-order valence-corrected chi connectivity index (χ4v) is 4.38. The highest BCUT2D eigenvalue weighted by Gasteiger charge is 2.29. The summed E-state index contributed by atoms with van der Waals surface area (Å²) in [7, 11) is 1.85. The molecule has 3 aromatic rings. The fourth-order valence-electron chi connectivity index (χ4n) is 3.59. The molecule has 0 bridgehead atoms. The summed E-state index contributed by atoms with van der Waals surface area (Å²) in [6, 6.07) is 16.7. The highest BCUT2D eigenvalue weighted by molar-refractivity contribution is 7.99. The number of thioether (sulfide) groups is 1. The summed E-state index contributed by atoms with van der Waals surface area (Å²) in [4.78, 5) is 27.5. The Morgan fingerprint density at radius 3 is 2.55 bits per heavy atom. The number of hydrogen-bond acceptors (Lipinski definition) is 6. The zero-order valence-electron chi connectivity index (χ0n) is 17.3. The van der Waals surface area contributed by atoms with Gasteiger partial charge in [-0.2, -0.15) is 0 Å². The smallest absolute Gasteiger partial charge is 0.233 e. The van der Waals surface area contributed by atoms with E-state index < -0.39 is 0 Å². The first kappa shape index (κ1) is 21.1. The first-order valence-electron chi connectivity index (χ1n) is 10.2. The molecule has 7 nitrogen and oxygen atoms in total. The maximum Gasteiger partial charge on any atom is 0.233 e. The number of Topliss-reactive ketones (excluding diaryl/α,β-unsaturated/α-hetero) is 1.